The van der Waals surface area contributed by atoms with E-state index in [1.165, 1.54) is 6.42 Å². The van der Waals surface area contributed by atoms with E-state index in [1.807, 2.05) is 19.2 Å². The fourth-order valence-electron chi connectivity index (χ4n) is 1.79. The van der Waals surface area contributed by atoms with E-state index in [9.17, 15) is 27.9 Å². The highest BCUT2D eigenvalue weighted by molar-refractivity contribution is 6.02. The van der Waals surface area contributed by atoms with E-state index in [1.54, 1.807) is 0 Å². The highest BCUT2D eigenvalue weighted by Crippen LogP contribution is 2.41. The maximum absolute atomic E-state index is 12.1. The molecule has 0 aromatic heterocycles. The third-order valence-electron chi connectivity index (χ3n) is 2.80. The Morgan fingerprint density at radius 2 is 1.87 bits per heavy atom. The zero-order valence-corrected chi connectivity index (χ0v) is 13.8. The SMILES string of the molecule is CC.CCC.O=C1NCC(O)C1C(=O)NC1(OC(F)(F)F)CC1. The van der Waals surface area contributed by atoms with Gasteiger partial charge in [0.05, 0.1) is 6.10 Å². The smallest absolute Gasteiger partial charge is 0.390 e. The molecule has 136 valence electrons. The lowest BCUT2D eigenvalue weighted by Crippen LogP contribution is -2.48. The number of aliphatic hydroxyl groups is 1. The van der Waals surface area contributed by atoms with Crippen LogP contribution in [-0.4, -0.2) is 41.7 Å². The molecule has 3 N–H and O–H groups in total. The van der Waals surface area contributed by atoms with Crippen molar-refractivity contribution in [1.29, 1.82) is 0 Å². The average Bonchev–Trinajstić information content (AvgIpc) is 3.07. The Balaban J connectivity index is 0.000000868. The average molecular weight is 342 g/mol. The molecule has 1 saturated carbocycles. The van der Waals surface area contributed by atoms with Crippen LogP contribution in [0.5, 0.6) is 0 Å². The van der Waals surface area contributed by atoms with E-state index >= 15 is 0 Å². The Labute approximate surface area is 133 Å². The van der Waals surface area contributed by atoms with Crippen molar-refractivity contribution in [1.82, 2.24) is 10.6 Å². The molecular formula is C14H25F3N2O4. The predicted molar refractivity (Wildman–Crippen MR) is 77.1 cm³/mol. The molecule has 0 aromatic rings. The first-order valence-corrected chi connectivity index (χ1v) is 7.69. The van der Waals surface area contributed by atoms with Gasteiger partial charge in [0, 0.05) is 19.4 Å². The summed E-state index contributed by atoms with van der Waals surface area (Å²) in [7, 11) is 0. The number of carbonyl (C=O) groups excluding carboxylic acids is 2. The second-order valence-electron chi connectivity index (χ2n) is 5.03. The summed E-state index contributed by atoms with van der Waals surface area (Å²) in [6.07, 6.45) is -4.81. The van der Waals surface area contributed by atoms with Gasteiger partial charge in [0.15, 0.2) is 5.72 Å². The molecule has 23 heavy (non-hydrogen) atoms. The molecule has 2 amide bonds. The Kier molecular flexibility index (Phi) is 8.54. The van der Waals surface area contributed by atoms with Gasteiger partial charge >= 0.3 is 6.36 Å². The third-order valence-corrected chi connectivity index (χ3v) is 2.80. The number of halogens is 3. The molecule has 0 aromatic carbocycles. The standard InChI is InChI=1S/C9H11F3N2O4.C3H8.C2H6/c10-9(11,12)18-8(1-2-8)14-7(17)5-4(15)3-13-6(5)16;1-3-2;1-2/h4-5,15H,1-3H2,(H,13,16)(H,14,17);3H2,1-2H3;1-2H3. The summed E-state index contributed by atoms with van der Waals surface area (Å²) in [6.45, 7) is 8.16. The van der Waals surface area contributed by atoms with E-state index in [4.69, 9.17) is 0 Å². The van der Waals surface area contributed by atoms with Crippen LogP contribution < -0.4 is 10.6 Å². The quantitative estimate of drug-likeness (QED) is 0.538. The number of hydrogen-bond acceptors (Lipinski definition) is 4. The largest absolute Gasteiger partial charge is 0.524 e. The van der Waals surface area contributed by atoms with Crippen LogP contribution in [-0.2, 0) is 14.3 Å². The van der Waals surface area contributed by atoms with Gasteiger partial charge in [-0.2, -0.15) is 0 Å². The summed E-state index contributed by atoms with van der Waals surface area (Å²) < 4.78 is 40.0. The van der Waals surface area contributed by atoms with Crippen molar-refractivity contribution in [3.05, 3.63) is 0 Å². The Bertz CT molecular complexity index is 398. The molecule has 2 rings (SSSR count). The van der Waals surface area contributed by atoms with Gasteiger partial charge in [-0.25, -0.2) is 0 Å². The van der Waals surface area contributed by atoms with Gasteiger partial charge in [-0.15, -0.1) is 13.2 Å². The number of rotatable bonds is 3. The zero-order chi connectivity index (χ0) is 18.3. The fraction of sp³-hybridized carbons (Fsp3) is 0.857. The van der Waals surface area contributed by atoms with Crippen molar-refractivity contribution < 1.29 is 32.6 Å². The number of carbonyl (C=O) groups is 2. The number of aliphatic hydroxyl groups excluding tert-OH is 1. The van der Waals surface area contributed by atoms with Crippen LogP contribution in [0.2, 0.25) is 0 Å². The molecule has 0 bridgehead atoms. The highest BCUT2D eigenvalue weighted by Gasteiger charge is 2.55. The summed E-state index contributed by atoms with van der Waals surface area (Å²) in [6, 6.07) is 0. The van der Waals surface area contributed by atoms with Crippen molar-refractivity contribution in [3.63, 3.8) is 0 Å². The monoisotopic (exact) mass is 342 g/mol. The minimum atomic E-state index is -4.86. The van der Waals surface area contributed by atoms with Crippen LogP contribution in [0.15, 0.2) is 0 Å². The lowest BCUT2D eigenvalue weighted by molar-refractivity contribution is -0.352. The van der Waals surface area contributed by atoms with E-state index in [-0.39, 0.29) is 19.4 Å². The van der Waals surface area contributed by atoms with Crippen LogP contribution in [0.3, 0.4) is 0 Å². The topological polar surface area (TPSA) is 87.7 Å². The Morgan fingerprint density at radius 3 is 2.17 bits per heavy atom. The zero-order valence-electron chi connectivity index (χ0n) is 13.8. The molecule has 1 heterocycles. The first-order valence-electron chi connectivity index (χ1n) is 7.69. The molecule has 2 unspecified atom stereocenters. The maximum Gasteiger partial charge on any atom is 0.524 e. The number of nitrogens with one attached hydrogen (secondary N) is 2. The summed E-state index contributed by atoms with van der Waals surface area (Å²) in [5.74, 6) is -3.05. The van der Waals surface area contributed by atoms with Crippen molar-refractivity contribution in [3.8, 4) is 0 Å². The normalized spacial score (nSPS) is 24.4. The molecule has 2 fully saturated rings. The van der Waals surface area contributed by atoms with Crippen LogP contribution in [0.1, 0.15) is 47.0 Å². The first kappa shape index (κ1) is 21.6. The van der Waals surface area contributed by atoms with Crippen LogP contribution in [0.25, 0.3) is 0 Å². The lowest BCUT2D eigenvalue weighted by atomic mass is 10.0. The molecule has 1 aliphatic carbocycles. The van der Waals surface area contributed by atoms with Crippen molar-refractivity contribution >= 4 is 11.8 Å². The van der Waals surface area contributed by atoms with Gasteiger partial charge in [-0.05, 0) is 0 Å². The van der Waals surface area contributed by atoms with Gasteiger partial charge in [-0.1, -0.05) is 34.1 Å². The molecule has 1 saturated heterocycles. The number of hydrogen-bond donors (Lipinski definition) is 3. The Morgan fingerprint density at radius 1 is 1.39 bits per heavy atom. The van der Waals surface area contributed by atoms with Gasteiger partial charge in [0.1, 0.15) is 5.92 Å². The molecule has 0 radical (unpaired) electrons. The molecule has 2 aliphatic rings. The molecular weight excluding hydrogens is 317 g/mol. The van der Waals surface area contributed by atoms with E-state index in [0.717, 1.165) is 0 Å². The molecule has 9 heteroatoms. The van der Waals surface area contributed by atoms with Crippen LogP contribution in [0, 0.1) is 5.92 Å². The fourth-order valence-corrected chi connectivity index (χ4v) is 1.79. The number of ether oxygens (including phenoxy) is 1. The summed E-state index contributed by atoms with van der Waals surface area (Å²) >= 11 is 0. The minimum Gasteiger partial charge on any atom is -0.390 e. The van der Waals surface area contributed by atoms with E-state index in [2.05, 4.69) is 23.9 Å². The minimum absolute atomic E-state index is 0.0166. The lowest BCUT2D eigenvalue weighted by Gasteiger charge is -2.21. The number of amides is 2. The summed E-state index contributed by atoms with van der Waals surface area (Å²) in [5, 5.41) is 13.6. The molecule has 1 aliphatic heterocycles. The molecule has 0 spiro atoms. The molecule has 6 nitrogen and oxygen atoms in total. The number of alkyl halides is 3. The number of β-amino-alcohol motifs (C(OH)–C–C–N with tert-alkyl or cyclic N) is 1. The van der Waals surface area contributed by atoms with Gasteiger partial charge < -0.3 is 15.7 Å². The van der Waals surface area contributed by atoms with Crippen molar-refractivity contribution in [2.45, 2.75) is 65.1 Å². The van der Waals surface area contributed by atoms with Crippen molar-refractivity contribution in [2.24, 2.45) is 5.92 Å². The van der Waals surface area contributed by atoms with Gasteiger partial charge in [0.25, 0.3) is 0 Å². The predicted octanol–water partition coefficient (Wildman–Crippen LogP) is 1.68. The first-order chi connectivity index (χ1) is 10.6. The summed E-state index contributed by atoms with van der Waals surface area (Å²) in [4.78, 5) is 22.9. The Hall–Kier alpha value is -1.35. The second kappa shape index (κ2) is 9.07. The second-order valence-corrected chi connectivity index (χ2v) is 5.03. The van der Waals surface area contributed by atoms with E-state index < -0.39 is 35.9 Å². The van der Waals surface area contributed by atoms with Gasteiger partial charge in [-0.3, -0.25) is 14.3 Å². The van der Waals surface area contributed by atoms with Gasteiger partial charge in [0.2, 0.25) is 11.8 Å². The van der Waals surface area contributed by atoms with E-state index in [0.29, 0.717) is 0 Å². The summed E-state index contributed by atoms with van der Waals surface area (Å²) in [5.41, 5.74) is -1.78. The highest BCUT2D eigenvalue weighted by atomic mass is 19.4. The van der Waals surface area contributed by atoms with Crippen molar-refractivity contribution in [2.75, 3.05) is 6.54 Å². The maximum atomic E-state index is 12.1. The third kappa shape index (κ3) is 7.17. The molecule has 2 atom stereocenters. The van der Waals surface area contributed by atoms with Crippen LogP contribution >= 0.6 is 0 Å². The van der Waals surface area contributed by atoms with Crippen LogP contribution in [0.4, 0.5) is 13.2 Å².